The lowest BCUT2D eigenvalue weighted by molar-refractivity contribution is 0.311. The van der Waals surface area contributed by atoms with E-state index in [1.165, 1.54) is 12.1 Å². The molecule has 3 aromatic rings. The van der Waals surface area contributed by atoms with Crippen LogP contribution in [0.4, 0.5) is 16.2 Å². The first-order chi connectivity index (χ1) is 12.6. The first-order valence-electron chi connectivity index (χ1n) is 8.72. The van der Waals surface area contributed by atoms with Gasteiger partial charge in [0.1, 0.15) is 11.6 Å². The summed E-state index contributed by atoms with van der Waals surface area (Å²) in [6.07, 6.45) is 1.77. The van der Waals surface area contributed by atoms with E-state index in [2.05, 4.69) is 27.3 Å². The van der Waals surface area contributed by atoms with Crippen molar-refractivity contribution in [3.05, 3.63) is 41.8 Å². The third-order valence-electron chi connectivity index (χ3n) is 4.74. The number of benzene rings is 1. The molecule has 4 rings (SSSR count). The van der Waals surface area contributed by atoms with Crippen molar-refractivity contribution in [2.75, 3.05) is 43.4 Å². The molecule has 1 aromatic carbocycles. The number of hydrogen-bond donors (Lipinski definition) is 1. The highest BCUT2D eigenvalue weighted by atomic mass is 19.1. The lowest BCUT2D eigenvalue weighted by Crippen LogP contribution is -2.45. The van der Waals surface area contributed by atoms with E-state index in [9.17, 15) is 4.39 Å². The Balaban J connectivity index is 1.63. The van der Waals surface area contributed by atoms with E-state index in [1.807, 2.05) is 7.05 Å². The van der Waals surface area contributed by atoms with Gasteiger partial charge in [-0.05, 0) is 24.7 Å². The van der Waals surface area contributed by atoms with Crippen molar-refractivity contribution >= 4 is 22.8 Å². The first-order valence-corrected chi connectivity index (χ1v) is 8.72. The maximum Gasteiger partial charge on any atom is 0.229 e. The molecule has 0 spiro atoms. The monoisotopic (exact) mass is 355 g/mol. The summed E-state index contributed by atoms with van der Waals surface area (Å²) in [4.78, 5) is 14.0. The summed E-state index contributed by atoms with van der Waals surface area (Å²) in [7, 11) is 4.00. The zero-order valence-corrected chi connectivity index (χ0v) is 15.0. The molecule has 0 bridgehead atoms. The van der Waals surface area contributed by atoms with Crippen LogP contribution in [0, 0.1) is 5.82 Å². The number of nitrogens with one attached hydrogen (secondary N) is 1. The van der Waals surface area contributed by atoms with Gasteiger partial charge in [-0.1, -0.05) is 12.1 Å². The maximum absolute atomic E-state index is 13.1. The second kappa shape index (κ2) is 6.87. The van der Waals surface area contributed by atoms with E-state index >= 15 is 0 Å². The highest BCUT2D eigenvalue weighted by molar-refractivity contribution is 5.87. The van der Waals surface area contributed by atoms with Crippen LogP contribution in [0.15, 0.2) is 30.5 Å². The molecule has 0 atom stereocenters. The Kier molecular flexibility index (Phi) is 4.42. The van der Waals surface area contributed by atoms with Crippen LogP contribution in [0.25, 0.3) is 11.0 Å². The summed E-state index contributed by atoms with van der Waals surface area (Å²) in [6.45, 7) is 4.34. The van der Waals surface area contributed by atoms with Crippen molar-refractivity contribution in [2.45, 2.75) is 6.54 Å². The van der Waals surface area contributed by atoms with Crippen molar-refractivity contribution in [2.24, 2.45) is 7.05 Å². The van der Waals surface area contributed by atoms with Crippen molar-refractivity contribution in [3.8, 4) is 0 Å². The molecule has 136 valence electrons. The van der Waals surface area contributed by atoms with Gasteiger partial charge in [-0.3, -0.25) is 4.68 Å². The van der Waals surface area contributed by atoms with Crippen LogP contribution in [0.2, 0.25) is 0 Å². The van der Waals surface area contributed by atoms with Gasteiger partial charge in [0.05, 0.1) is 11.6 Å². The number of piperazine rings is 1. The second-order valence-corrected chi connectivity index (χ2v) is 6.65. The Labute approximate surface area is 151 Å². The fourth-order valence-corrected chi connectivity index (χ4v) is 3.08. The van der Waals surface area contributed by atoms with Crippen molar-refractivity contribution in [3.63, 3.8) is 0 Å². The number of aromatic nitrogens is 4. The minimum Gasteiger partial charge on any atom is -0.365 e. The van der Waals surface area contributed by atoms with Crippen LogP contribution in [0.5, 0.6) is 0 Å². The molecular formula is C18H22FN7. The lowest BCUT2D eigenvalue weighted by Gasteiger charge is -2.32. The van der Waals surface area contributed by atoms with Gasteiger partial charge in [0.2, 0.25) is 5.95 Å². The summed E-state index contributed by atoms with van der Waals surface area (Å²) in [5, 5.41) is 8.56. The molecule has 1 aliphatic heterocycles. The molecule has 0 amide bonds. The molecule has 3 heterocycles. The van der Waals surface area contributed by atoms with Gasteiger partial charge in [0.25, 0.3) is 0 Å². The molecule has 1 fully saturated rings. The predicted octanol–water partition coefficient (Wildman–Crippen LogP) is 1.87. The van der Waals surface area contributed by atoms with E-state index in [0.717, 1.165) is 54.5 Å². The molecule has 0 unspecified atom stereocenters. The number of nitrogens with zero attached hydrogens (tertiary/aromatic N) is 6. The van der Waals surface area contributed by atoms with Crippen LogP contribution in [0.3, 0.4) is 0 Å². The van der Waals surface area contributed by atoms with Crippen LogP contribution in [-0.4, -0.2) is 57.9 Å². The molecule has 8 heteroatoms. The molecular weight excluding hydrogens is 333 g/mol. The highest BCUT2D eigenvalue weighted by Gasteiger charge is 2.19. The standard InChI is InChI=1S/C18H22FN7/c1-24-7-9-26(10-8-24)18-22-16(15-12-21-25(2)17(15)23-18)20-11-13-3-5-14(19)6-4-13/h3-6,12H,7-11H2,1-2H3,(H,20,22,23). The van der Waals surface area contributed by atoms with Gasteiger partial charge in [0.15, 0.2) is 5.65 Å². The van der Waals surface area contributed by atoms with Crippen molar-refractivity contribution in [1.29, 1.82) is 0 Å². The Bertz CT molecular complexity index is 898. The minimum absolute atomic E-state index is 0.234. The van der Waals surface area contributed by atoms with Crippen LogP contribution in [-0.2, 0) is 13.6 Å². The summed E-state index contributed by atoms with van der Waals surface area (Å²) in [5.74, 6) is 1.24. The summed E-state index contributed by atoms with van der Waals surface area (Å²) in [5.41, 5.74) is 1.79. The number of rotatable bonds is 4. The smallest absolute Gasteiger partial charge is 0.229 e. The minimum atomic E-state index is -0.234. The summed E-state index contributed by atoms with van der Waals surface area (Å²) in [6, 6.07) is 6.47. The average molecular weight is 355 g/mol. The largest absolute Gasteiger partial charge is 0.365 e. The van der Waals surface area contributed by atoms with Gasteiger partial charge >= 0.3 is 0 Å². The van der Waals surface area contributed by atoms with E-state index < -0.39 is 0 Å². The molecule has 1 aliphatic rings. The Morgan fingerprint density at radius 3 is 2.50 bits per heavy atom. The zero-order valence-electron chi connectivity index (χ0n) is 15.0. The Morgan fingerprint density at radius 1 is 1.04 bits per heavy atom. The molecule has 0 saturated carbocycles. The average Bonchev–Trinajstić information content (AvgIpc) is 3.03. The Hall–Kier alpha value is -2.74. The van der Waals surface area contributed by atoms with Gasteiger partial charge < -0.3 is 15.1 Å². The van der Waals surface area contributed by atoms with Gasteiger partial charge in [-0.2, -0.15) is 15.1 Å². The van der Waals surface area contributed by atoms with E-state index in [0.29, 0.717) is 6.54 Å². The third kappa shape index (κ3) is 3.32. The molecule has 1 N–H and O–H groups in total. The molecule has 26 heavy (non-hydrogen) atoms. The second-order valence-electron chi connectivity index (χ2n) is 6.65. The van der Waals surface area contributed by atoms with E-state index in [4.69, 9.17) is 9.97 Å². The van der Waals surface area contributed by atoms with Crippen LogP contribution >= 0.6 is 0 Å². The highest BCUT2D eigenvalue weighted by Crippen LogP contribution is 2.24. The normalized spacial score (nSPS) is 15.6. The number of halogens is 1. The quantitative estimate of drug-likeness (QED) is 0.771. The fraction of sp³-hybridized carbons (Fsp3) is 0.389. The summed E-state index contributed by atoms with van der Waals surface area (Å²) >= 11 is 0. The predicted molar refractivity (Wildman–Crippen MR) is 99.7 cm³/mol. The molecule has 1 saturated heterocycles. The van der Waals surface area contributed by atoms with E-state index in [-0.39, 0.29) is 5.82 Å². The number of anilines is 2. The van der Waals surface area contributed by atoms with Gasteiger partial charge in [-0.25, -0.2) is 4.39 Å². The lowest BCUT2D eigenvalue weighted by atomic mass is 10.2. The van der Waals surface area contributed by atoms with Crippen LogP contribution < -0.4 is 10.2 Å². The molecule has 2 aromatic heterocycles. The number of fused-ring (bicyclic) bond motifs is 1. The van der Waals surface area contributed by atoms with Crippen LogP contribution in [0.1, 0.15) is 5.56 Å². The SMILES string of the molecule is CN1CCN(c2nc(NCc3ccc(F)cc3)c3cnn(C)c3n2)CC1. The number of likely N-dealkylation sites (N-methyl/N-ethyl adjacent to an activating group) is 1. The molecule has 0 radical (unpaired) electrons. The summed E-state index contributed by atoms with van der Waals surface area (Å²) < 4.78 is 14.8. The fourth-order valence-electron chi connectivity index (χ4n) is 3.08. The zero-order chi connectivity index (χ0) is 18.1. The van der Waals surface area contributed by atoms with Gasteiger partial charge in [0, 0.05) is 39.8 Å². The number of hydrogen-bond acceptors (Lipinski definition) is 6. The number of aryl methyl sites for hydroxylation is 1. The topological polar surface area (TPSA) is 62.1 Å². The maximum atomic E-state index is 13.1. The Morgan fingerprint density at radius 2 is 1.77 bits per heavy atom. The van der Waals surface area contributed by atoms with Crippen molar-refractivity contribution in [1.82, 2.24) is 24.6 Å². The van der Waals surface area contributed by atoms with E-state index in [1.54, 1.807) is 23.0 Å². The molecule has 0 aliphatic carbocycles. The first kappa shape index (κ1) is 16.7. The molecule has 7 nitrogen and oxygen atoms in total. The third-order valence-corrected chi connectivity index (χ3v) is 4.74. The van der Waals surface area contributed by atoms with Gasteiger partial charge in [-0.15, -0.1) is 0 Å². The van der Waals surface area contributed by atoms with Crippen molar-refractivity contribution < 1.29 is 4.39 Å².